The maximum atomic E-state index is 3.93. The largest absolute Gasteiger partial charge is 0.158 e. The molecule has 2 aliphatic heterocycles. The summed E-state index contributed by atoms with van der Waals surface area (Å²) in [6.07, 6.45) is 1.86. The topological polar surface area (TPSA) is 26.5 Å². The fourth-order valence-electron chi connectivity index (χ4n) is 0.807. The van der Waals surface area contributed by atoms with Crippen molar-refractivity contribution in [2.24, 2.45) is 5.10 Å². The molecule has 0 saturated heterocycles. The Morgan fingerprint density at radius 2 is 2.50 bits per heavy atom. The van der Waals surface area contributed by atoms with E-state index in [0.717, 1.165) is 11.5 Å². The minimum absolute atomic E-state index is 1.06. The molecule has 2 heterocycles. The van der Waals surface area contributed by atoms with Crippen LogP contribution >= 0.6 is 11.8 Å². The fourth-order valence-corrected chi connectivity index (χ4v) is 1.81. The lowest BCUT2D eigenvalue weighted by molar-refractivity contribution is 0.902. The highest BCUT2D eigenvalue weighted by Crippen LogP contribution is 2.24. The molecule has 0 aliphatic carbocycles. The van der Waals surface area contributed by atoms with Gasteiger partial charge in [0.15, 0.2) is 0 Å². The van der Waals surface area contributed by atoms with Crippen LogP contribution in [0.25, 0.3) is 0 Å². The predicted octanol–water partition coefficient (Wildman–Crippen LogP) is 0.591. The first-order valence-electron chi connectivity index (χ1n) is 2.50. The van der Waals surface area contributed by atoms with E-state index in [4.69, 9.17) is 0 Å². The summed E-state index contributed by atoms with van der Waals surface area (Å²) in [7, 11) is 0. The van der Waals surface area contributed by atoms with Gasteiger partial charge in [-0.1, -0.05) is 0 Å². The Morgan fingerprint density at radius 1 is 1.50 bits per heavy atom. The van der Waals surface area contributed by atoms with E-state index in [-0.39, 0.29) is 0 Å². The van der Waals surface area contributed by atoms with Gasteiger partial charge in [0.1, 0.15) is 0 Å². The maximum Gasteiger partial charge on any atom is 0.0785 e. The summed E-state index contributed by atoms with van der Waals surface area (Å²) in [4.78, 5) is 0. The van der Waals surface area contributed by atoms with E-state index < -0.39 is 0 Å². The molecule has 2 nitrogen and oxygen atoms in total. The molecule has 0 amide bonds. The lowest BCUT2D eigenvalue weighted by Gasteiger charge is -1.86. The molecule has 8 heavy (non-hydrogen) atoms. The Kier molecular flexibility index (Phi) is 0.842. The zero-order valence-electron chi connectivity index (χ0n) is 4.29. The first-order chi connectivity index (χ1) is 3.97. The second-order valence-electron chi connectivity index (χ2n) is 1.81. The standard InChI is InChI=1S/C5H5N2S/c1-4-2-8-3-5(4)7-6-1/h1H,2-3H2. The third-order valence-corrected chi connectivity index (χ3v) is 2.25. The van der Waals surface area contributed by atoms with Crippen LogP contribution in [0.3, 0.4) is 0 Å². The third kappa shape index (κ3) is 0.478. The summed E-state index contributed by atoms with van der Waals surface area (Å²) in [5, 5.41) is 3.78. The zero-order chi connectivity index (χ0) is 5.40. The molecule has 2 aliphatic rings. The highest BCUT2D eigenvalue weighted by molar-refractivity contribution is 7.99. The molecule has 0 atom stereocenters. The van der Waals surface area contributed by atoms with Crippen molar-refractivity contribution in [1.82, 2.24) is 5.43 Å². The van der Waals surface area contributed by atoms with E-state index in [2.05, 4.69) is 10.5 Å². The number of hydrogen-bond donors (Lipinski definition) is 0. The molecule has 0 spiro atoms. The summed E-state index contributed by atoms with van der Waals surface area (Å²) in [6.45, 7) is 0. The van der Waals surface area contributed by atoms with Gasteiger partial charge in [-0.25, -0.2) is 0 Å². The van der Waals surface area contributed by atoms with Gasteiger partial charge in [-0.15, -0.1) is 0 Å². The van der Waals surface area contributed by atoms with Crippen LogP contribution in [-0.2, 0) is 0 Å². The molecule has 0 aromatic heterocycles. The molecule has 0 aromatic rings. The van der Waals surface area contributed by atoms with Crippen LogP contribution in [0.2, 0.25) is 0 Å². The third-order valence-electron chi connectivity index (χ3n) is 1.26. The summed E-state index contributed by atoms with van der Waals surface area (Å²) < 4.78 is 0. The molecule has 41 valence electrons. The molecule has 3 heteroatoms. The van der Waals surface area contributed by atoms with Crippen molar-refractivity contribution in [3.8, 4) is 0 Å². The normalized spacial score (nSPS) is 24.0. The van der Waals surface area contributed by atoms with Crippen molar-refractivity contribution in [3.05, 3.63) is 11.3 Å². The second kappa shape index (κ2) is 1.52. The van der Waals surface area contributed by atoms with E-state index in [9.17, 15) is 0 Å². The van der Waals surface area contributed by atoms with Gasteiger partial charge in [0.25, 0.3) is 0 Å². The molecule has 0 N–H and O–H groups in total. The maximum absolute atomic E-state index is 3.93. The van der Waals surface area contributed by atoms with E-state index in [1.807, 2.05) is 18.0 Å². The van der Waals surface area contributed by atoms with Crippen LogP contribution in [-0.4, -0.2) is 17.7 Å². The fraction of sp³-hybridized carbons (Fsp3) is 0.400. The summed E-state index contributed by atoms with van der Waals surface area (Å²) in [5.41, 5.74) is 6.44. The first kappa shape index (κ1) is 4.44. The van der Waals surface area contributed by atoms with Crippen LogP contribution in [0.15, 0.2) is 16.4 Å². The predicted molar refractivity (Wildman–Crippen MR) is 35.0 cm³/mol. The Labute approximate surface area is 52.0 Å². The van der Waals surface area contributed by atoms with Crippen LogP contribution < -0.4 is 5.43 Å². The van der Waals surface area contributed by atoms with Crippen LogP contribution in [0.1, 0.15) is 0 Å². The Bertz CT molecular complexity index is 171. The minimum atomic E-state index is 1.06. The van der Waals surface area contributed by atoms with Gasteiger partial charge in [0.05, 0.1) is 11.9 Å². The molecule has 2 rings (SSSR count). The van der Waals surface area contributed by atoms with Crippen molar-refractivity contribution < 1.29 is 0 Å². The number of nitrogens with zero attached hydrogens (tertiary/aromatic N) is 2. The minimum Gasteiger partial charge on any atom is -0.158 e. The van der Waals surface area contributed by atoms with E-state index in [1.54, 1.807) is 0 Å². The van der Waals surface area contributed by atoms with Gasteiger partial charge < -0.3 is 0 Å². The lowest BCUT2D eigenvalue weighted by atomic mass is 10.3. The van der Waals surface area contributed by atoms with Crippen LogP contribution in [0.5, 0.6) is 0 Å². The van der Waals surface area contributed by atoms with E-state index in [0.29, 0.717) is 0 Å². The van der Waals surface area contributed by atoms with Gasteiger partial charge in [-0.2, -0.15) is 22.3 Å². The molecule has 0 fully saturated rings. The van der Waals surface area contributed by atoms with Crippen molar-refractivity contribution in [2.75, 3.05) is 11.5 Å². The molecule has 0 saturated carbocycles. The molecule has 0 unspecified atom stereocenters. The average molecular weight is 125 g/mol. The highest BCUT2D eigenvalue weighted by atomic mass is 32.2. The average Bonchev–Trinajstić information content (AvgIpc) is 2.15. The first-order valence-corrected chi connectivity index (χ1v) is 3.66. The number of rotatable bonds is 0. The molecule has 0 aromatic carbocycles. The van der Waals surface area contributed by atoms with Crippen molar-refractivity contribution in [1.29, 1.82) is 0 Å². The van der Waals surface area contributed by atoms with E-state index in [1.165, 1.54) is 11.3 Å². The summed E-state index contributed by atoms with van der Waals surface area (Å²) in [6, 6.07) is 0. The van der Waals surface area contributed by atoms with Crippen molar-refractivity contribution in [3.63, 3.8) is 0 Å². The van der Waals surface area contributed by atoms with Gasteiger partial charge >= 0.3 is 0 Å². The summed E-state index contributed by atoms with van der Waals surface area (Å²) in [5.74, 6) is 2.18. The Balaban J connectivity index is 2.33. The second-order valence-corrected chi connectivity index (χ2v) is 2.79. The molecular weight excluding hydrogens is 120 g/mol. The highest BCUT2D eigenvalue weighted by Gasteiger charge is 2.17. The Morgan fingerprint density at radius 3 is 3.38 bits per heavy atom. The van der Waals surface area contributed by atoms with Gasteiger partial charge in [0.2, 0.25) is 0 Å². The van der Waals surface area contributed by atoms with Crippen LogP contribution in [0, 0.1) is 0 Å². The van der Waals surface area contributed by atoms with Gasteiger partial charge in [0, 0.05) is 17.1 Å². The quantitative estimate of drug-likeness (QED) is 0.465. The molecular formula is C5H5N2S. The zero-order valence-corrected chi connectivity index (χ0v) is 5.11. The smallest absolute Gasteiger partial charge is 0.0785 e. The van der Waals surface area contributed by atoms with Crippen molar-refractivity contribution in [2.45, 2.75) is 0 Å². The Hall–Kier alpha value is -0.440. The SMILES string of the molecule is C1=N[N]C2=C1CSC2. The summed E-state index contributed by atoms with van der Waals surface area (Å²) >= 11 is 1.91. The van der Waals surface area contributed by atoms with E-state index >= 15 is 0 Å². The van der Waals surface area contributed by atoms with Gasteiger partial charge in [-0.05, 0) is 0 Å². The van der Waals surface area contributed by atoms with Crippen molar-refractivity contribution >= 4 is 18.0 Å². The molecule has 0 bridgehead atoms. The van der Waals surface area contributed by atoms with Gasteiger partial charge in [-0.3, -0.25) is 0 Å². The molecule has 1 radical (unpaired) electrons. The van der Waals surface area contributed by atoms with Crippen LogP contribution in [0.4, 0.5) is 0 Å². The number of hydrogen-bond acceptors (Lipinski definition) is 2. The number of thioether (sulfide) groups is 1. The monoisotopic (exact) mass is 125 g/mol. The lowest BCUT2D eigenvalue weighted by Crippen LogP contribution is -1.91.